The molecule has 1 amide bonds. The van der Waals surface area contributed by atoms with E-state index in [0.717, 1.165) is 11.3 Å². The number of hydrogen-bond donors (Lipinski definition) is 1. The average molecular weight is 378 g/mol. The van der Waals surface area contributed by atoms with Crippen LogP contribution in [0.2, 0.25) is 5.02 Å². The molecule has 0 saturated heterocycles. The Hall–Kier alpha value is -2.40. The molecule has 0 aliphatic carbocycles. The lowest BCUT2D eigenvalue weighted by Gasteiger charge is -2.19. The Morgan fingerprint density at radius 1 is 1.08 bits per heavy atom. The first-order valence-electron chi connectivity index (χ1n) is 8.39. The van der Waals surface area contributed by atoms with E-state index in [1.54, 1.807) is 26.2 Å². The van der Waals surface area contributed by atoms with Gasteiger partial charge in [0.25, 0.3) is 5.91 Å². The van der Waals surface area contributed by atoms with Crippen molar-refractivity contribution in [2.75, 3.05) is 13.7 Å². The summed E-state index contributed by atoms with van der Waals surface area (Å²) >= 11 is 6.00. The molecule has 2 aromatic rings. The maximum absolute atomic E-state index is 12.3. The van der Waals surface area contributed by atoms with Gasteiger partial charge < -0.3 is 19.5 Å². The van der Waals surface area contributed by atoms with Gasteiger partial charge in [-0.05, 0) is 68.8 Å². The molecule has 0 spiro atoms. The number of nitrogens with one attached hydrogen (secondary N) is 1. The first-order valence-corrected chi connectivity index (χ1v) is 8.77. The van der Waals surface area contributed by atoms with Crippen LogP contribution < -0.4 is 19.5 Å². The van der Waals surface area contributed by atoms with Gasteiger partial charge >= 0.3 is 0 Å². The zero-order valence-corrected chi connectivity index (χ0v) is 16.2. The number of aryl methyl sites for hydroxylation is 1. The highest BCUT2D eigenvalue weighted by atomic mass is 35.5. The summed E-state index contributed by atoms with van der Waals surface area (Å²) in [7, 11) is 1.61. The van der Waals surface area contributed by atoms with Gasteiger partial charge in [0.05, 0.1) is 13.2 Å². The van der Waals surface area contributed by atoms with Gasteiger partial charge in [0, 0.05) is 5.02 Å². The van der Waals surface area contributed by atoms with Crippen molar-refractivity contribution >= 4 is 17.5 Å². The third-order valence-corrected chi connectivity index (χ3v) is 4.18. The molecule has 2 rings (SSSR count). The van der Waals surface area contributed by atoms with E-state index in [1.807, 2.05) is 44.2 Å². The summed E-state index contributed by atoms with van der Waals surface area (Å²) < 4.78 is 16.4. The van der Waals surface area contributed by atoms with E-state index >= 15 is 0 Å². The molecule has 2 atom stereocenters. The molecular formula is C20H24ClNO4. The number of benzene rings is 2. The van der Waals surface area contributed by atoms with Crippen LogP contribution in [0, 0.1) is 6.92 Å². The van der Waals surface area contributed by atoms with Crippen LogP contribution in [-0.4, -0.2) is 31.8 Å². The second kappa shape index (κ2) is 9.34. The van der Waals surface area contributed by atoms with Crippen LogP contribution in [0.5, 0.6) is 17.2 Å². The van der Waals surface area contributed by atoms with Gasteiger partial charge in [-0.15, -0.1) is 0 Å². The maximum atomic E-state index is 12.3. The number of hydrogen-bond acceptors (Lipinski definition) is 4. The molecule has 0 fully saturated rings. The monoisotopic (exact) mass is 377 g/mol. The van der Waals surface area contributed by atoms with Crippen molar-refractivity contribution < 1.29 is 19.0 Å². The standard InChI is InChI=1S/C20H24ClNO4/c1-13-11-18(9-10-19(13)21)26-15(3)20(23)22-14(2)12-25-17-7-5-16(24-4)6-8-17/h5-11,14-15H,12H2,1-4H3,(H,22,23)/t14-,15-/m0/s1. The van der Waals surface area contributed by atoms with E-state index in [0.29, 0.717) is 23.1 Å². The van der Waals surface area contributed by atoms with E-state index in [2.05, 4.69) is 5.32 Å². The zero-order chi connectivity index (χ0) is 19.1. The number of carbonyl (C=O) groups excluding carboxylic acids is 1. The molecule has 140 valence electrons. The lowest BCUT2D eigenvalue weighted by Crippen LogP contribution is -2.43. The van der Waals surface area contributed by atoms with Crippen LogP contribution in [0.1, 0.15) is 19.4 Å². The lowest BCUT2D eigenvalue weighted by molar-refractivity contribution is -0.128. The first kappa shape index (κ1) is 19.9. The predicted molar refractivity (Wildman–Crippen MR) is 102 cm³/mol. The Balaban J connectivity index is 1.80. The van der Waals surface area contributed by atoms with Crippen LogP contribution in [0.15, 0.2) is 42.5 Å². The van der Waals surface area contributed by atoms with E-state index in [-0.39, 0.29) is 11.9 Å². The van der Waals surface area contributed by atoms with Crippen LogP contribution in [0.4, 0.5) is 0 Å². The number of ether oxygens (including phenoxy) is 3. The minimum absolute atomic E-state index is 0.164. The Kier molecular flexibility index (Phi) is 7.16. The molecule has 26 heavy (non-hydrogen) atoms. The normalized spacial score (nSPS) is 12.8. The Bertz CT molecular complexity index is 733. The van der Waals surface area contributed by atoms with Gasteiger partial charge in [-0.3, -0.25) is 4.79 Å². The van der Waals surface area contributed by atoms with Crippen molar-refractivity contribution in [1.82, 2.24) is 5.32 Å². The number of carbonyl (C=O) groups is 1. The third-order valence-electron chi connectivity index (χ3n) is 3.76. The summed E-state index contributed by atoms with van der Waals surface area (Å²) in [6.45, 7) is 5.82. The Morgan fingerprint density at radius 3 is 2.31 bits per heavy atom. The van der Waals surface area contributed by atoms with Crippen molar-refractivity contribution in [2.24, 2.45) is 0 Å². The van der Waals surface area contributed by atoms with E-state index in [1.165, 1.54) is 0 Å². The SMILES string of the molecule is COc1ccc(OC[C@H](C)NC(=O)[C@H](C)Oc2ccc(Cl)c(C)c2)cc1. The fourth-order valence-electron chi connectivity index (χ4n) is 2.24. The third kappa shape index (κ3) is 5.85. The molecule has 0 unspecified atom stereocenters. The van der Waals surface area contributed by atoms with Crippen molar-refractivity contribution in [3.05, 3.63) is 53.1 Å². The largest absolute Gasteiger partial charge is 0.497 e. The van der Waals surface area contributed by atoms with Crippen LogP contribution >= 0.6 is 11.6 Å². The smallest absolute Gasteiger partial charge is 0.261 e. The fourth-order valence-corrected chi connectivity index (χ4v) is 2.36. The summed E-state index contributed by atoms with van der Waals surface area (Å²) in [5, 5.41) is 3.54. The highest BCUT2D eigenvalue weighted by Crippen LogP contribution is 2.22. The predicted octanol–water partition coefficient (Wildman–Crippen LogP) is 4.01. The molecule has 0 radical (unpaired) electrons. The molecule has 1 N–H and O–H groups in total. The second-order valence-electron chi connectivity index (χ2n) is 6.07. The molecule has 5 nitrogen and oxygen atoms in total. The topological polar surface area (TPSA) is 56.8 Å². The van der Waals surface area contributed by atoms with Gasteiger partial charge in [0.2, 0.25) is 0 Å². The first-order chi connectivity index (χ1) is 12.4. The van der Waals surface area contributed by atoms with Crippen molar-refractivity contribution in [3.63, 3.8) is 0 Å². The summed E-state index contributed by atoms with van der Waals surface area (Å²) in [5.41, 5.74) is 0.901. The van der Waals surface area contributed by atoms with Gasteiger partial charge in [0.1, 0.15) is 23.9 Å². The van der Waals surface area contributed by atoms with Gasteiger partial charge in [-0.2, -0.15) is 0 Å². The quantitative estimate of drug-likeness (QED) is 0.755. The van der Waals surface area contributed by atoms with Crippen molar-refractivity contribution in [1.29, 1.82) is 0 Å². The molecule has 0 aliphatic rings. The Labute approximate surface area is 159 Å². The number of methoxy groups -OCH3 is 1. The lowest BCUT2D eigenvalue weighted by atomic mass is 10.2. The van der Waals surface area contributed by atoms with Gasteiger partial charge in [-0.25, -0.2) is 0 Å². The highest BCUT2D eigenvalue weighted by molar-refractivity contribution is 6.31. The van der Waals surface area contributed by atoms with Crippen LogP contribution in [0.3, 0.4) is 0 Å². The van der Waals surface area contributed by atoms with Crippen molar-refractivity contribution in [2.45, 2.75) is 32.9 Å². The zero-order valence-electron chi connectivity index (χ0n) is 15.4. The molecular weight excluding hydrogens is 354 g/mol. The minimum atomic E-state index is -0.626. The molecule has 0 aromatic heterocycles. The summed E-state index contributed by atoms with van der Waals surface area (Å²) in [6.07, 6.45) is -0.626. The van der Waals surface area contributed by atoms with Gasteiger partial charge in [0.15, 0.2) is 6.10 Å². The van der Waals surface area contributed by atoms with E-state index in [9.17, 15) is 4.79 Å². The van der Waals surface area contributed by atoms with Crippen molar-refractivity contribution in [3.8, 4) is 17.2 Å². The summed E-state index contributed by atoms with van der Waals surface area (Å²) in [4.78, 5) is 12.3. The van der Waals surface area contributed by atoms with E-state index in [4.69, 9.17) is 25.8 Å². The highest BCUT2D eigenvalue weighted by Gasteiger charge is 2.17. The maximum Gasteiger partial charge on any atom is 0.261 e. The number of amides is 1. The summed E-state index contributed by atoms with van der Waals surface area (Å²) in [6, 6.07) is 12.4. The molecule has 6 heteroatoms. The summed E-state index contributed by atoms with van der Waals surface area (Å²) in [5.74, 6) is 1.88. The molecule has 2 aromatic carbocycles. The molecule has 0 bridgehead atoms. The Morgan fingerprint density at radius 2 is 1.69 bits per heavy atom. The molecule has 0 heterocycles. The average Bonchev–Trinajstić information content (AvgIpc) is 2.63. The fraction of sp³-hybridized carbons (Fsp3) is 0.350. The second-order valence-corrected chi connectivity index (χ2v) is 6.47. The number of rotatable bonds is 8. The number of halogens is 1. The van der Waals surface area contributed by atoms with Crippen LogP contribution in [-0.2, 0) is 4.79 Å². The minimum Gasteiger partial charge on any atom is -0.497 e. The molecule has 0 aliphatic heterocycles. The van der Waals surface area contributed by atoms with E-state index < -0.39 is 6.10 Å². The van der Waals surface area contributed by atoms with Crippen LogP contribution in [0.25, 0.3) is 0 Å². The van der Waals surface area contributed by atoms with Gasteiger partial charge in [-0.1, -0.05) is 11.6 Å². The molecule has 0 saturated carbocycles.